The van der Waals surface area contributed by atoms with E-state index < -0.39 is 0 Å². The van der Waals surface area contributed by atoms with E-state index in [9.17, 15) is 9.59 Å². The van der Waals surface area contributed by atoms with Crippen molar-refractivity contribution >= 4 is 11.7 Å². The smallest absolute Gasteiger partial charge is 0.223 e. The molecule has 3 nitrogen and oxygen atoms in total. The highest BCUT2D eigenvalue weighted by Gasteiger charge is 2.24. The standard InChI is InChI=1S/C16H19NO2/c18-15(7-8-16(19)17-9-10-17)14-6-5-12-3-1-2-4-13(12)11-14/h5-6,11H,1-4,7-10H2. The van der Waals surface area contributed by atoms with Gasteiger partial charge in [-0.3, -0.25) is 9.59 Å². The average molecular weight is 257 g/mol. The SMILES string of the molecule is O=C(CCC(=O)N1CC1)c1ccc2c(c1)CCCC2. The molecule has 1 aliphatic heterocycles. The van der Waals surface area contributed by atoms with Crippen LogP contribution in [-0.2, 0) is 17.6 Å². The van der Waals surface area contributed by atoms with Gasteiger partial charge in [-0.15, -0.1) is 0 Å². The van der Waals surface area contributed by atoms with Crippen molar-refractivity contribution in [1.82, 2.24) is 4.90 Å². The molecule has 19 heavy (non-hydrogen) atoms. The van der Waals surface area contributed by atoms with Crippen LogP contribution >= 0.6 is 0 Å². The van der Waals surface area contributed by atoms with Gasteiger partial charge in [-0.2, -0.15) is 0 Å². The first kappa shape index (κ1) is 12.4. The van der Waals surface area contributed by atoms with Gasteiger partial charge < -0.3 is 4.90 Å². The number of nitrogens with zero attached hydrogens (tertiary/aromatic N) is 1. The maximum Gasteiger partial charge on any atom is 0.223 e. The Hall–Kier alpha value is -1.64. The molecule has 1 fully saturated rings. The van der Waals surface area contributed by atoms with Crippen molar-refractivity contribution in [3.8, 4) is 0 Å². The quantitative estimate of drug-likeness (QED) is 0.613. The Bertz CT molecular complexity index is 517. The summed E-state index contributed by atoms with van der Waals surface area (Å²) in [6.45, 7) is 1.73. The number of carbonyl (C=O) groups excluding carboxylic acids is 2. The Labute approximate surface area is 113 Å². The van der Waals surface area contributed by atoms with Crippen molar-refractivity contribution in [2.75, 3.05) is 13.1 Å². The van der Waals surface area contributed by atoms with Gasteiger partial charge in [-0.25, -0.2) is 0 Å². The van der Waals surface area contributed by atoms with Gasteiger partial charge in [0.1, 0.15) is 0 Å². The molecule has 1 saturated heterocycles. The van der Waals surface area contributed by atoms with Crippen LogP contribution in [0.25, 0.3) is 0 Å². The second-order valence-electron chi connectivity index (χ2n) is 5.49. The number of aryl methyl sites for hydroxylation is 2. The van der Waals surface area contributed by atoms with Crippen LogP contribution < -0.4 is 0 Å². The molecule has 1 heterocycles. The maximum absolute atomic E-state index is 12.1. The van der Waals surface area contributed by atoms with E-state index in [1.165, 1.54) is 24.0 Å². The van der Waals surface area contributed by atoms with Gasteiger partial charge >= 0.3 is 0 Å². The molecule has 100 valence electrons. The molecule has 1 amide bonds. The fraction of sp³-hybridized carbons (Fsp3) is 0.500. The Morgan fingerprint density at radius 1 is 1.00 bits per heavy atom. The summed E-state index contributed by atoms with van der Waals surface area (Å²) in [5, 5.41) is 0. The van der Waals surface area contributed by atoms with Crippen LogP contribution in [0.15, 0.2) is 18.2 Å². The molecule has 0 N–H and O–H groups in total. The Balaban J connectivity index is 1.64. The van der Waals surface area contributed by atoms with Crippen LogP contribution in [0.1, 0.15) is 47.2 Å². The highest BCUT2D eigenvalue weighted by molar-refractivity contribution is 5.98. The summed E-state index contributed by atoms with van der Waals surface area (Å²) in [4.78, 5) is 25.4. The molecular formula is C16H19NO2. The van der Waals surface area contributed by atoms with Gasteiger partial charge in [0.25, 0.3) is 0 Å². The minimum atomic E-state index is 0.101. The van der Waals surface area contributed by atoms with Gasteiger partial charge in [0.15, 0.2) is 5.78 Å². The van der Waals surface area contributed by atoms with E-state index in [4.69, 9.17) is 0 Å². The monoisotopic (exact) mass is 257 g/mol. The van der Waals surface area contributed by atoms with Crippen LogP contribution in [0.5, 0.6) is 0 Å². The normalized spacial score (nSPS) is 16.9. The third-order valence-electron chi connectivity index (χ3n) is 4.04. The van der Waals surface area contributed by atoms with Crippen molar-refractivity contribution in [2.24, 2.45) is 0 Å². The lowest BCUT2D eigenvalue weighted by Crippen LogP contribution is -2.13. The van der Waals surface area contributed by atoms with Gasteiger partial charge in [-0.05, 0) is 42.9 Å². The summed E-state index contributed by atoms with van der Waals surface area (Å²) in [5.41, 5.74) is 3.50. The second-order valence-corrected chi connectivity index (χ2v) is 5.49. The van der Waals surface area contributed by atoms with E-state index in [-0.39, 0.29) is 11.7 Å². The lowest BCUT2D eigenvalue weighted by atomic mass is 9.89. The maximum atomic E-state index is 12.1. The third-order valence-corrected chi connectivity index (χ3v) is 4.04. The zero-order chi connectivity index (χ0) is 13.2. The van der Waals surface area contributed by atoms with Gasteiger partial charge in [0, 0.05) is 31.5 Å². The largest absolute Gasteiger partial charge is 0.339 e. The third kappa shape index (κ3) is 2.86. The first-order valence-corrected chi connectivity index (χ1v) is 7.17. The molecule has 1 aromatic carbocycles. The van der Waals surface area contributed by atoms with E-state index >= 15 is 0 Å². The second kappa shape index (κ2) is 5.16. The molecule has 0 saturated carbocycles. The summed E-state index contributed by atoms with van der Waals surface area (Å²) in [6, 6.07) is 6.06. The molecular weight excluding hydrogens is 238 g/mol. The molecule has 3 heteroatoms. The van der Waals surface area contributed by atoms with E-state index in [1.54, 1.807) is 4.90 Å². The fourth-order valence-electron chi connectivity index (χ4n) is 2.73. The topological polar surface area (TPSA) is 37.1 Å². The van der Waals surface area contributed by atoms with Gasteiger partial charge in [0.05, 0.1) is 0 Å². The summed E-state index contributed by atoms with van der Waals surface area (Å²) >= 11 is 0. The number of hydrogen-bond donors (Lipinski definition) is 0. The summed E-state index contributed by atoms with van der Waals surface area (Å²) in [5.74, 6) is 0.217. The zero-order valence-corrected chi connectivity index (χ0v) is 11.2. The molecule has 0 unspecified atom stereocenters. The van der Waals surface area contributed by atoms with E-state index in [2.05, 4.69) is 6.07 Å². The highest BCUT2D eigenvalue weighted by Crippen LogP contribution is 2.23. The van der Waals surface area contributed by atoms with Crippen molar-refractivity contribution in [2.45, 2.75) is 38.5 Å². The molecule has 0 aromatic heterocycles. The number of rotatable bonds is 4. The molecule has 2 aliphatic rings. The molecule has 3 rings (SSSR count). The molecule has 0 atom stereocenters. The lowest BCUT2D eigenvalue weighted by molar-refractivity contribution is -0.125. The summed E-state index contributed by atoms with van der Waals surface area (Å²) in [7, 11) is 0. The number of amides is 1. The van der Waals surface area contributed by atoms with Crippen LogP contribution in [0, 0.1) is 0 Å². The molecule has 0 radical (unpaired) electrons. The number of fused-ring (bicyclic) bond motifs is 1. The highest BCUT2D eigenvalue weighted by atomic mass is 16.2. The average Bonchev–Trinajstić information content (AvgIpc) is 3.28. The van der Waals surface area contributed by atoms with Gasteiger partial charge in [-0.1, -0.05) is 12.1 Å². The van der Waals surface area contributed by atoms with Crippen LogP contribution in [0.4, 0.5) is 0 Å². The van der Waals surface area contributed by atoms with Crippen LogP contribution in [0.2, 0.25) is 0 Å². The predicted molar refractivity (Wildman–Crippen MR) is 73.2 cm³/mol. The van der Waals surface area contributed by atoms with Crippen LogP contribution in [-0.4, -0.2) is 29.7 Å². The molecule has 1 aromatic rings. The van der Waals surface area contributed by atoms with Gasteiger partial charge in [0.2, 0.25) is 5.91 Å². The molecule has 0 bridgehead atoms. The van der Waals surface area contributed by atoms with E-state index in [1.807, 2.05) is 12.1 Å². The number of ketones is 1. The van der Waals surface area contributed by atoms with Crippen LogP contribution in [0.3, 0.4) is 0 Å². The van der Waals surface area contributed by atoms with Crippen molar-refractivity contribution < 1.29 is 9.59 Å². The number of Topliss-reactive ketones (excluding diaryl/α,β-unsaturated/α-hetero) is 1. The molecule has 0 spiro atoms. The summed E-state index contributed by atoms with van der Waals surface area (Å²) in [6.07, 6.45) is 5.40. The zero-order valence-electron chi connectivity index (χ0n) is 11.2. The Morgan fingerprint density at radius 3 is 2.47 bits per heavy atom. The number of benzene rings is 1. The minimum absolute atomic E-state index is 0.101. The summed E-state index contributed by atoms with van der Waals surface area (Å²) < 4.78 is 0. The lowest BCUT2D eigenvalue weighted by Gasteiger charge is -2.16. The predicted octanol–water partition coefficient (Wildman–Crippen LogP) is 2.37. The number of carbonyl (C=O) groups is 2. The van der Waals surface area contributed by atoms with E-state index in [0.717, 1.165) is 31.5 Å². The molecule has 1 aliphatic carbocycles. The fourth-order valence-corrected chi connectivity index (χ4v) is 2.73. The number of hydrogen-bond acceptors (Lipinski definition) is 2. The van der Waals surface area contributed by atoms with Crippen molar-refractivity contribution in [1.29, 1.82) is 0 Å². The Kier molecular flexibility index (Phi) is 3.36. The first-order chi connectivity index (χ1) is 9.24. The van der Waals surface area contributed by atoms with E-state index in [0.29, 0.717) is 12.8 Å². The van der Waals surface area contributed by atoms with Crippen molar-refractivity contribution in [3.63, 3.8) is 0 Å². The minimum Gasteiger partial charge on any atom is -0.339 e. The Morgan fingerprint density at radius 2 is 1.74 bits per heavy atom. The van der Waals surface area contributed by atoms with Crippen molar-refractivity contribution in [3.05, 3.63) is 34.9 Å². The first-order valence-electron chi connectivity index (χ1n) is 7.17.